The van der Waals surface area contributed by atoms with Gasteiger partial charge in [0.05, 0.1) is 24.1 Å². The standard InChI is InChI=1S/C18H18Cl2N2O3/c1-25-14-5-2-12(3-6-14)10-17(23)21-8-9-22-18(24)15-7-4-13(19)11-16(15)20/h2-7,11H,8-10H2,1H3,(H,21,23)(H,22,24). The van der Waals surface area contributed by atoms with Gasteiger partial charge >= 0.3 is 0 Å². The van der Waals surface area contributed by atoms with Crippen molar-refractivity contribution in [1.82, 2.24) is 10.6 Å². The number of rotatable bonds is 7. The second-order valence-corrected chi connectivity index (χ2v) is 6.10. The highest BCUT2D eigenvalue weighted by atomic mass is 35.5. The van der Waals surface area contributed by atoms with Crippen molar-refractivity contribution in [3.8, 4) is 5.75 Å². The van der Waals surface area contributed by atoms with Crippen molar-refractivity contribution in [2.75, 3.05) is 20.2 Å². The number of carbonyl (C=O) groups excluding carboxylic acids is 2. The molecule has 7 heteroatoms. The molecule has 0 atom stereocenters. The van der Waals surface area contributed by atoms with Gasteiger partial charge in [-0.05, 0) is 35.9 Å². The van der Waals surface area contributed by atoms with E-state index >= 15 is 0 Å². The summed E-state index contributed by atoms with van der Waals surface area (Å²) in [6.07, 6.45) is 0.265. The lowest BCUT2D eigenvalue weighted by molar-refractivity contribution is -0.120. The van der Waals surface area contributed by atoms with E-state index in [1.165, 1.54) is 6.07 Å². The van der Waals surface area contributed by atoms with E-state index in [1.807, 2.05) is 12.1 Å². The van der Waals surface area contributed by atoms with Crippen LogP contribution in [0.1, 0.15) is 15.9 Å². The summed E-state index contributed by atoms with van der Waals surface area (Å²) >= 11 is 11.8. The highest BCUT2D eigenvalue weighted by molar-refractivity contribution is 6.36. The first-order valence-electron chi connectivity index (χ1n) is 7.62. The highest BCUT2D eigenvalue weighted by Gasteiger charge is 2.10. The Labute approximate surface area is 156 Å². The molecule has 0 heterocycles. The van der Waals surface area contributed by atoms with E-state index in [1.54, 1.807) is 31.4 Å². The number of ether oxygens (including phenoxy) is 1. The van der Waals surface area contributed by atoms with Gasteiger partial charge in [0.2, 0.25) is 5.91 Å². The lowest BCUT2D eigenvalue weighted by atomic mass is 10.1. The van der Waals surface area contributed by atoms with Gasteiger partial charge in [-0.15, -0.1) is 0 Å². The minimum absolute atomic E-state index is 0.121. The summed E-state index contributed by atoms with van der Waals surface area (Å²) in [6, 6.07) is 11.9. The maximum absolute atomic E-state index is 12.0. The number of carbonyl (C=O) groups is 2. The van der Waals surface area contributed by atoms with Crippen LogP contribution in [-0.4, -0.2) is 32.0 Å². The Morgan fingerprint density at radius 2 is 1.68 bits per heavy atom. The van der Waals surface area contributed by atoms with Gasteiger partial charge in [0.15, 0.2) is 0 Å². The smallest absolute Gasteiger partial charge is 0.252 e. The summed E-state index contributed by atoms with van der Waals surface area (Å²) in [5.74, 6) is 0.308. The molecular formula is C18H18Cl2N2O3. The van der Waals surface area contributed by atoms with E-state index in [-0.39, 0.29) is 23.3 Å². The maximum Gasteiger partial charge on any atom is 0.252 e. The molecule has 2 N–H and O–H groups in total. The third kappa shape index (κ3) is 5.96. The fourth-order valence-corrected chi connectivity index (χ4v) is 2.63. The topological polar surface area (TPSA) is 67.4 Å². The SMILES string of the molecule is COc1ccc(CC(=O)NCCNC(=O)c2ccc(Cl)cc2Cl)cc1. The van der Waals surface area contributed by atoms with Crippen molar-refractivity contribution in [2.24, 2.45) is 0 Å². The molecule has 0 unspecified atom stereocenters. The Hall–Kier alpha value is -2.24. The van der Waals surface area contributed by atoms with E-state index in [0.29, 0.717) is 23.7 Å². The fraction of sp³-hybridized carbons (Fsp3) is 0.222. The zero-order chi connectivity index (χ0) is 18.2. The predicted octanol–water partition coefficient (Wildman–Crippen LogP) is 3.09. The minimum Gasteiger partial charge on any atom is -0.497 e. The first-order valence-corrected chi connectivity index (χ1v) is 8.38. The third-order valence-electron chi connectivity index (χ3n) is 3.43. The van der Waals surface area contributed by atoms with E-state index < -0.39 is 0 Å². The number of nitrogens with one attached hydrogen (secondary N) is 2. The normalized spacial score (nSPS) is 10.2. The zero-order valence-corrected chi connectivity index (χ0v) is 15.2. The molecule has 0 fully saturated rings. The summed E-state index contributed by atoms with van der Waals surface area (Å²) in [7, 11) is 1.59. The number of hydrogen-bond donors (Lipinski definition) is 2. The Balaban J connectivity index is 1.72. The van der Waals surface area contributed by atoms with Crippen LogP contribution in [0.2, 0.25) is 10.0 Å². The van der Waals surface area contributed by atoms with Crippen molar-refractivity contribution in [1.29, 1.82) is 0 Å². The van der Waals surface area contributed by atoms with Gasteiger partial charge in [0.1, 0.15) is 5.75 Å². The molecule has 0 aliphatic rings. The van der Waals surface area contributed by atoms with Gasteiger partial charge < -0.3 is 15.4 Å². The number of methoxy groups -OCH3 is 1. The molecule has 0 spiro atoms. The average Bonchev–Trinajstić information content (AvgIpc) is 2.59. The molecule has 0 saturated carbocycles. The van der Waals surface area contributed by atoms with Crippen molar-refractivity contribution >= 4 is 35.0 Å². The number of benzene rings is 2. The van der Waals surface area contributed by atoms with E-state index in [0.717, 1.165) is 11.3 Å². The van der Waals surface area contributed by atoms with Gasteiger partial charge in [0.25, 0.3) is 5.91 Å². The van der Waals surface area contributed by atoms with Gasteiger partial charge in [-0.3, -0.25) is 9.59 Å². The Kier molecular flexibility index (Phi) is 7.10. The van der Waals surface area contributed by atoms with Crippen LogP contribution in [-0.2, 0) is 11.2 Å². The molecule has 5 nitrogen and oxygen atoms in total. The maximum atomic E-state index is 12.0. The largest absolute Gasteiger partial charge is 0.497 e. The summed E-state index contributed by atoms with van der Waals surface area (Å²) in [5, 5.41) is 6.20. The number of halogens is 2. The minimum atomic E-state index is -0.314. The second-order valence-electron chi connectivity index (χ2n) is 5.25. The van der Waals surface area contributed by atoms with Crippen molar-refractivity contribution in [3.63, 3.8) is 0 Å². The first kappa shape index (κ1) is 19.1. The van der Waals surface area contributed by atoms with Crippen LogP contribution in [0.5, 0.6) is 5.75 Å². The third-order valence-corrected chi connectivity index (χ3v) is 3.98. The quantitative estimate of drug-likeness (QED) is 0.725. The van der Waals surface area contributed by atoms with Crippen molar-refractivity contribution in [2.45, 2.75) is 6.42 Å². The summed E-state index contributed by atoms with van der Waals surface area (Å²) < 4.78 is 5.07. The molecule has 0 radical (unpaired) electrons. The lowest BCUT2D eigenvalue weighted by Crippen LogP contribution is -2.35. The first-order chi connectivity index (χ1) is 12.0. The van der Waals surface area contributed by atoms with E-state index in [4.69, 9.17) is 27.9 Å². The van der Waals surface area contributed by atoms with Crippen LogP contribution in [0.4, 0.5) is 0 Å². The van der Waals surface area contributed by atoms with Crippen LogP contribution >= 0.6 is 23.2 Å². The van der Waals surface area contributed by atoms with Gasteiger partial charge in [0, 0.05) is 18.1 Å². The Morgan fingerprint density at radius 3 is 2.32 bits per heavy atom. The van der Waals surface area contributed by atoms with Gasteiger partial charge in [-0.1, -0.05) is 35.3 Å². The molecule has 2 rings (SSSR count). The summed E-state index contributed by atoms with van der Waals surface area (Å²) in [5.41, 5.74) is 1.23. The molecular weight excluding hydrogens is 363 g/mol. The fourth-order valence-electron chi connectivity index (χ4n) is 2.14. The summed E-state index contributed by atoms with van der Waals surface area (Å²) in [4.78, 5) is 23.9. The van der Waals surface area contributed by atoms with Crippen molar-refractivity contribution in [3.05, 3.63) is 63.6 Å². The number of amides is 2. The molecule has 0 aliphatic carbocycles. The van der Waals surface area contributed by atoms with Crippen LogP contribution < -0.4 is 15.4 Å². The van der Waals surface area contributed by atoms with E-state index in [9.17, 15) is 9.59 Å². The average molecular weight is 381 g/mol. The predicted molar refractivity (Wildman–Crippen MR) is 98.5 cm³/mol. The Bertz CT molecular complexity index is 748. The van der Waals surface area contributed by atoms with Crippen LogP contribution in [0.25, 0.3) is 0 Å². The zero-order valence-electron chi connectivity index (χ0n) is 13.6. The molecule has 132 valence electrons. The van der Waals surface area contributed by atoms with E-state index in [2.05, 4.69) is 10.6 Å². The molecule has 2 amide bonds. The van der Waals surface area contributed by atoms with Gasteiger partial charge in [-0.25, -0.2) is 0 Å². The van der Waals surface area contributed by atoms with Crippen LogP contribution in [0.15, 0.2) is 42.5 Å². The Morgan fingerprint density at radius 1 is 1.00 bits per heavy atom. The highest BCUT2D eigenvalue weighted by Crippen LogP contribution is 2.20. The molecule has 0 bridgehead atoms. The number of hydrogen-bond acceptors (Lipinski definition) is 3. The van der Waals surface area contributed by atoms with Crippen LogP contribution in [0, 0.1) is 0 Å². The van der Waals surface area contributed by atoms with Crippen molar-refractivity contribution < 1.29 is 14.3 Å². The second kappa shape index (κ2) is 9.30. The lowest BCUT2D eigenvalue weighted by Gasteiger charge is -2.09. The van der Waals surface area contributed by atoms with Gasteiger partial charge in [-0.2, -0.15) is 0 Å². The molecule has 0 aliphatic heterocycles. The molecule has 0 saturated heterocycles. The van der Waals surface area contributed by atoms with Crippen LogP contribution in [0.3, 0.4) is 0 Å². The monoisotopic (exact) mass is 380 g/mol. The molecule has 25 heavy (non-hydrogen) atoms. The molecule has 2 aromatic rings. The molecule has 0 aromatic heterocycles. The summed E-state index contributed by atoms with van der Waals surface area (Å²) in [6.45, 7) is 0.623. The molecule has 2 aromatic carbocycles.